The van der Waals surface area contributed by atoms with E-state index in [-0.39, 0.29) is 24.3 Å². The molecule has 70 valence electrons. The Labute approximate surface area is 73.1 Å². The highest BCUT2D eigenvalue weighted by atomic mass is 19.3. The second-order valence-corrected chi connectivity index (χ2v) is 3.22. The quantitative estimate of drug-likeness (QED) is 0.625. The van der Waals surface area contributed by atoms with E-state index in [9.17, 15) is 13.6 Å². The normalized spacial score (nSPS) is 20.9. The Kier molecular flexibility index (Phi) is 1.68. The van der Waals surface area contributed by atoms with E-state index in [0.717, 1.165) is 0 Å². The summed E-state index contributed by atoms with van der Waals surface area (Å²) in [6.45, 7) is 0. The van der Waals surface area contributed by atoms with E-state index in [1.807, 2.05) is 0 Å². The summed E-state index contributed by atoms with van der Waals surface area (Å²) in [6.07, 6.45) is 0.445. The van der Waals surface area contributed by atoms with Gasteiger partial charge in [0.25, 0.3) is 5.92 Å². The minimum Gasteiger partial charge on any atom is -0.294 e. The molecule has 0 fully saturated rings. The Morgan fingerprint density at radius 2 is 2.31 bits per heavy atom. The first kappa shape index (κ1) is 8.34. The van der Waals surface area contributed by atoms with Gasteiger partial charge in [0.2, 0.25) is 0 Å². The van der Waals surface area contributed by atoms with Gasteiger partial charge in [-0.05, 0) is 0 Å². The van der Waals surface area contributed by atoms with Crippen molar-refractivity contribution in [1.29, 1.82) is 0 Å². The average Bonchev–Trinajstić information content (AvgIpc) is 2.44. The molecular formula is C8H8F2N2O. The van der Waals surface area contributed by atoms with Gasteiger partial charge in [0.1, 0.15) is 0 Å². The molecule has 0 unspecified atom stereocenters. The van der Waals surface area contributed by atoms with Crippen LogP contribution in [0.2, 0.25) is 0 Å². The van der Waals surface area contributed by atoms with E-state index in [0.29, 0.717) is 5.56 Å². The fourth-order valence-corrected chi connectivity index (χ4v) is 1.47. The molecule has 0 atom stereocenters. The summed E-state index contributed by atoms with van der Waals surface area (Å²) in [6, 6.07) is 0. The van der Waals surface area contributed by atoms with Crippen LogP contribution in [0.3, 0.4) is 0 Å². The standard InChI is InChI=1S/C8H8F2N2O/c9-8(10)2-1-7(13)5-4-11-12-6(5)3-8/h4H,1-3H2,(H,11,12). The number of Topliss-reactive ketones (excluding diaryl/α,β-unsaturated/α-hetero) is 1. The van der Waals surface area contributed by atoms with E-state index >= 15 is 0 Å². The van der Waals surface area contributed by atoms with Gasteiger partial charge in [-0.15, -0.1) is 0 Å². The monoisotopic (exact) mass is 186 g/mol. The number of nitrogens with one attached hydrogen (secondary N) is 1. The highest BCUT2D eigenvalue weighted by molar-refractivity contribution is 5.97. The predicted molar refractivity (Wildman–Crippen MR) is 40.8 cm³/mol. The Morgan fingerprint density at radius 1 is 1.54 bits per heavy atom. The van der Waals surface area contributed by atoms with Crippen molar-refractivity contribution in [1.82, 2.24) is 10.2 Å². The molecule has 1 aromatic rings. The number of ketones is 1. The lowest BCUT2D eigenvalue weighted by Crippen LogP contribution is -2.18. The van der Waals surface area contributed by atoms with E-state index in [4.69, 9.17) is 0 Å². The lowest BCUT2D eigenvalue weighted by atomic mass is 10.1. The number of hydrogen-bond acceptors (Lipinski definition) is 2. The van der Waals surface area contributed by atoms with Crippen LogP contribution in [-0.4, -0.2) is 21.9 Å². The summed E-state index contributed by atoms with van der Waals surface area (Å²) in [5.41, 5.74) is 0.574. The van der Waals surface area contributed by atoms with Crippen molar-refractivity contribution < 1.29 is 13.6 Å². The first-order valence-electron chi connectivity index (χ1n) is 4.02. The first-order valence-corrected chi connectivity index (χ1v) is 4.02. The Hall–Kier alpha value is -1.26. The second kappa shape index (κ2) is 2.61. The number of carbonyl (C=O) groups is 1. The molecule has 0 saturated carbocycles. The maximum absolute atomic E-state index is 13.0. The maximum atomic E-state index is 13.0. The molecule has 0 saturated heterocycles. The van der Waals surface area contributed by atoms with Gasteiger partial charge in [-0.1, -0.05) is 0 Å². The summed E-state index contributed by atoms with van der Waals surface area (Å²) in [4.78, 5) is 11.3. The van der Waals surface area contributed by atoms with Gasteiger partial charge in [-0.25, -0.2) is 8.78 Å². The fourth-order valence-electron chi connectivity index (χ4n) is 1.47. The molecular weight excluding hydrogens is 178 g/mol. The molecule has 0 aliphatic heterocycles. The zero-order valence-corrected chi connectivity index (χ0v) is 6.81. The van der Waals surface area contributed by atoms with Gasteiger partial charge in [0, 0.05) is 12.8 Å². The molecule has 2 rings (SSSR count). The third-order valence-electron chi connectivity index (χ3n) is 2.17. The molecule has 0 spiro atoms. The van der Waals surface area contributed by atoms with Gasteiger partial charge in [-0.3, -0.25) is 9.89 Å². The van der Waals surface area contributed by atoms with Gasteiger partial charge in [0.05, 0.1) is 23.9 Å². The van der Waals surface area contributed by atoms with Gasteiger partial charge >= 0.3 is 0 Å². The topological polar surface area (TPSA) is 45.8 Å². The molecule has 13 heavy (non-hydrogen) atoms. The van der Waals surface area contributed by atoms with Crippen molar-refractivity contribution >= 4 is 5.78 Å². The molecule has 3 nitrogen and oxygen atoms in total. The van der Waals surface area contributed by atoms with Crippen LogP contribution in [0.1, 0.15) is 28.9 Å². The molecule has 0 amide bonds. The van der Waals surface area contributed by atoms with Crippen molar-refractivity contribution in [2.24, 2.45) is 0 Å². The number of aromatic amines is 1. The van der Waals surface area contributed by atoms with Crippen molar-refractivity contribution in [2.45, 2.75) is 25.2 Å². The summed E-state index contributed by atoms with van der Waals surface area (Å²) >= 11 is 0. The SMILES string of the molecule is O=C1CCC(F)(F)Cc2[nH]ncc21. The summed E-state index contributed by atoms with van der Waals surface area (Å²) in [5.74, 6) is -3.03. The first-order chi connectivity index (χ1) is 6.08. The molecule has 1 heterocycles. The van der Waals surface area contributed by atoms with Crippen molar-refractivity contribution in [3.8, 4) is 0 Å². The van der Waals surface area contributed by atoms with E-state index in [1.165, 1.54) is 6.20 Å². The van der Waals surface area contributed by atoms with E-state index in [2.05, 4.69) is 10.2 Å². The molecule has 0 bridgehead atoms. The zero-order chi connectivity index (χ0) is 9.47. The Bertz CT molecular complexity index is 346. The van der Waals surface area contributed by atoms with Crippen LogP contribution in [0.25, 0.3) is 0 Å². The van der Waals surface area contributed by atoms with Crippen molar-refractivity contribution in [3.63, 3.8) is 0 Å². The molecule has 1 aromatic heterocycles. The number of alkyl halides is 2. The largest absolute Gasteiger partial charge is 0.294 e. The third-order valence-corrected chi connectivity index (χ3v) is 2.17. The Morgan fingerprint density at radius 3 is 3.08 bits per heavy atom. The molecule has 5 heteroatoms. The predicted octanol–water partition coefficient (Wildman–Crippen LogP) is 1.56. The van der Waals surface area contributed by atoms with Gasteiger partial charge < -0.3 is 0 Å². The van der Waals surface area contributed by atoms with Gasteiger partial charge in [-0.2, -0.15) is 5.10 Å². The number of hydrogen-bond donors (Lipinski definition) is 1. The van der Waals surface area contributed by atoms with E-state index < -0.39 is 12.3 Å². The zero-order valence-electron chi connectivity index (χ0n) is 6.81. The Balaban J connectivity index is 2.41. The number of fused-ring (bicyclic) bond motifs is 1. The van der Waals surface area contributed by atoms with Crippen molar-refractivity contribution in [3.05, 3.63) is 17.5 Å². The minimum absolute atomic E-state index is 0.0977. The van der Waals surface area contributed by atoms with Crippen LogP contribution >= 0.6 is 0 Å². The molecule has 1 aliphatic carbocycles. The number of nitrogens with zero attached hydrogens (tertiary/aromatic N) is 1. The number of H-pyrrole nitrogens is 1. The van der Waals surface area contributed by atoms with Crippen LogP contribution in [0.4, 0.5) is 8.78 Å². The van der Waals surface area contributed by atoms with E-state index in [1.54, 1.807) is 0 Å². The van der Waals surface area contributed by atoms with Crippen LogP contribution in [0, 0.1) is 0 Å². The number of aromatic nitrogens is 2. The molecule has 0 radical (unpaired) electrons. The highest BCUT2D eigenvalue weighted by Gasteiger charge is 2.35. The fraction of sp³-hybridized carbons (Fsp3) is 0.500. The molecule has 1 aliphatic rings. The van der Waals surface area contributed by atoms with Crippen LogP contribution in [0.5, 0.6) is 0 Å². The summed E-state index contributed by atoms with van der Waals surface area (Å²) in [7, 11) is 0. The molecule has 0 aromatic carbocycles. The summed E-state index contributed by atoms with van der Waals surface area (Å²) in [5, 5.41) is 6.02. The van der Waals surface area contributed by atoms with Crippen LogP contribution in [-0.2, 0) is 6.42 Å². The van der Waals surface area contributed by atoms with Crippen molar-refractivity contribution in [2.75, 3.05) is 0 Å². The molecule has 1 N–H and O–H groups in total. The highest BCUT2D eigenvalue weighted by Crippen LogP contribution is 2.30. The number of carbonyl (C=O) groups excluding carboxylic acids is 1. The third kappa shape index (κ3) is 1.46. The lowest BCUT2D eigenvalue weighted by Gasteiger charge is -2.11. The minimum atomic E-state index is -2.78. The second-order valence-electron chi connectivity index (χ2n) is 3.22. The number of halogens is 2. The average molecular weight is 186 g/mol. The lowest BCUT2D eigenvalue weighted by molar-refractivity contribution is -0.00685. The van der Waals surface area contributed by atoms with Crippen LogP contribution in [0.15, 0.2) is 6.20 Å². The number of rotatable bonds is 0. The van der Waals surface area contributed by atoms with Gasteiger partial charge in [0.15, 0.2) is 5.78 Å². The maximum Gasteiger partial charge on any atom is 0.254 e. The smallest absolute Gasteiger partial charge is 0.254 e. The van der Waals surface area contributed by atoms with Crippen LogP contribution < -0.4 is 0 Å². The summed E-state index contributed by atoms with van der Waals surface area (Å²) < 4.78 is 26.0.